The largest absolute Gasteiger partial charge is 0.481 e. The topological polar surface area (TPSA) is 93.9 Å². The highest BCUT2D eigenvalue weighted by atomic mass is 32.2. The SMILES string of the molecule is COc1cccc(CSc2nc(N)cc(=O)[nH]2)n1. The van der Waals surface area contributed by atoms with Crippen molar-refractivity contribution in [2.24, 2.45) is 0 Å². The van der Waals surface area contributed by atoms with Crippen LogP contribution >= 0.6 is 11.8 Å². The van der Waals surface area contributed by atoms with Crippen molar-refractivity contribution in [1.29, 1.82) is 0 Å². The molecule has 0 aliphatic heterocycles. The standard InChI is InChI=1S/C11H12N4O2S/c1-17-10-4-2-3-7(13-10)6-18-11-14-8(12)5-9(16)15-11/h2-5H,6H2,1H3,(H3,12,14,15,16). The van der Waals surface area contributed by atoms with E-state index in [0.29, 0.717) is 16.8 Å². The van der Waals surface area contributed by atoms with Crippen LogP contribution in [0.4, 0.5) is 5.82 Å². The van der Waals surface area contributed by atoms with E-state index in [9.17, 15) is 4.79 Å². The number of H-pyrrole nitrogens is 1. The maximum atomic E-state index is 11.2. The molecule has 6 nitrogen and oxygen atoms in total. The van der Waals surface area contributed by atoms with E-state index in [1.54, 1.807) is 13.2 Å². The predicted octanol–water partition coefficient (Wildman–Crippen LogP) is 1.05. The molecule has 2 aromatic rings. The molecule has 94 valence electrons. The lowest BCUT2D eigenvalue weighted by molar-refractivity contribution is 0.397. The second kappa shape index (κ2) is 5.54. The zero-order chi connectivity index (χ0) is 13.0. The van der Waals surface area contributed by atoms with E-state index in [0.717, 1.165) is 5.69 Å². The van der Waals surface area contributed by atoms with E-state index in [4.69, 9.17) is 10.5 Å². The average molecular weight is 264 g/mol. The van der Waals surface area contributed by atoms with Crippen molar-refractivity contribution >= 4 is 17.6 Å². The Kier molecular flexibility index (Phi) is 3.83. The second-order valence-corrected chi connectivity index (χ2v) is 4.40. The van der Waals surface area contributed by atoms with E-state index in [-0.39, 0.29) is 11.4 Å². The summed E-state index contributed by atoms with van der Waals surface area (Å²) in [6.45, 7) is 0. The van der Waals surface area contributed by atoms with E-state index in [2.05, 4.69) is 15.0 Å². The third-order valence-electron chi connectivity index (χ3n) is 2.09. The summed E-state index contributed by atoms with van der Waals surface area (Å²) in [5.41, 5.74) is 6.07. The zero-order valence-corrected chi connectivity index (χ0v) is 10.5. The van der Waals surface area contributed by atoms with E-state index < -0.39 is 0 Å². The molecular formula is C11H12N4O2S. The Morgan fingerprint density at radius 3 is 3.00 bits per heavy atom. The number of hydrogen-bond donors (Lipinski definition) is 2. The van der Waals surface area contributed by atoms with Gasteiger partial charge in [0.2, 0.25) is 5.88 Å². The number of nitrogens with zero attached hydrogens (tertiary/aromatic N) is 2. The summed E-state index contributed by atoms with van der Waals surface area (Å²) >= 11 is 1.36. The maximum Gasteiger partial charge on any atom is 0.253 e. The smallest absolute Gasteiger partial charge is 0.253 e. The number of aromatic nitrogens is 3. The zero-order valence-electron chi connectivity index (χ0n) is 9.71. The van der Waals surface area contributed by atoms with Gasteiger partial charge in [-0.25, -0.2) is 9.97 Å². The molecule has 0 unspecified atom stereocenters. The molecule has 0 saturated heterocycles. The van der Waals surface area contributed by atoms with Gasteiger partial charge < -0.3 is 15.5 Å². The highest BCUT2D eigenvalue weighted by molar-refractivity contribution is 7.98. The van der Waals surface area contributed by atoms with Crippen molar-refractivity contribution in [3.63, 3.8) is 0 Å². The van der Waals surface area contributed by atoms with Crippen LogP contribution in [0.1, 0.15) is 5.69 Å². The third kappa shape index (κ3) is 3.24. The normalized spacial score (nSPS) is 10.3. The Labute approximate surface area is 108 Å². The lowest BCUT2D eigenvalue weighted by Crippen LogP contribution is -2.09. The van der Waals surface area contributed by atoms with Crippen LogP contribution < -0.4 is 16.0 Å². The van der Waals surface area contributed by atoms with Crippen molar-refractivity contribution in [3.05, 3.63) is 40.3 Å². The molecule has 0 amide bonds. The van der Waals surface area contributed by atoms with Gasteiger partial charge in [-0.15, -0.1) is 0 Å². The Balaban J connectivity index is 2.08. The molecule has 0 spiro atoms. The average Bonchev–Trinajstić information content (AvgIpc) is 2.35. The quantitative estimate of drug-likeness (QED) is 0.633. The number of pyridine rings is 1. The van der Waals surface area contributed by atoms with Crippen LogP contribution in [0.2, 0.25) is 0 Å². The van der Waals surface area contributed by atoms with E-state index in [1.165, 1.54) is 17.8 Å². The van der Waals surface area contributed by atoms with Gasteiger partial charge in [0.25, 0.3) is 5.56 Å². The minimum Gasteiger partial charge on any atom is -0.481 e. The number of rotatable bonds is 4. The Morgan fingerprint density at radius 1 is 1.44 bits per heavy atom. The predicted molar refractivity (Wildman–Crippen MR) is 69.6 cm³/mol. The lowest BCUT2D eigenvalue weighted by atomic mass is 10.4. The summed E-state index contributed by atoms with van der Waals surface area (Å²) < 4.78 is 5.03. The van der Waals surface area contributed by atoms with Crippen molar-refractivity contribution in [2.45, 2.75) is 10.9 Å². The molecule has 0 aliphatic carbocycles. The summed E-state index contributed by atoms with van der Waals surface area (Å²) in [7, 11) is 1.57. The first-order valence-corrected chi connectivity index (χ1v) is 6.15. The molecule has 0 fully saturated rings. The molecule has 0 atom stereocenters. The first-order chi connectivity index (χ1) is 8.67. The highest BCUT2D eigenvalue weighted by Gasteiger charge is 2.02. The number of methoxy groups -OCH3 is 1. The number of nitrogen functional groups attached to an aromatic ring is 1. The van der Waals surface area contributed by atoms with Gasteiger partial charge in [0.05, 0.1) is 12.8 Å². The van der Waals surface area contributed by atoms with Crippen LogP contribution in [0.3, 0.4) is 0 Å². The van der Waals surface area contributed by atoms with Crippen molar-refractivity contribution in [2.75, 3.05) is 12.8 Å². The van der Waals surface area contributed by atoms with Crippen LogP contribution in [0.5, 0.6) is 5.88 Å². The Morgan fingerprint density at radius 2 is 2.28 bits per heavy atom. The van der Waals surface area contributed by atoms with E-state index >= 15 is 0 Å². The van der Waals surface area contributed by atoms with Gasteiger partial charge in [0.1, 0.15) is 5.82 Å². The second-order valence-electron chi connectivity index (χ2n) is 3.44. The van der Waals surface area contributed by atoms with Gasteiger partial charge in [-0.05, 0) is 6.07 Å². The minimum atomic E-state index is -0.261. The van der Waals surface area contributed by atoms with Crippen molar-refractivity contribution < 1.29 is 4.74 Å². The van der Waals surface area contributed by atoms with Crippen LogP contribution in [0.15, 0.2) is 34.2 Å². The number of anilines is 1. The van der Waals surface area contributed by atoms with Gasteiger partial charge in [-0.1, -0.05) is 17.8 Å². The number of aromatic amines is 1. The molecule has 7 heteroatoms. The molecular weight excluding hydrogens is 252 g/mol. The molecule has 2 rings (SSSR count). The van der Waals surface area contributed by atoms with Gasteiger partial charge in [-0.3, -0.25) is 4.79 Å². The van der Waals surface area contributed by atoms with Gasteiger partial charge in [0, 0.05) is 17.9 Å². The van der Waals surface area contributed by atoms with Gasteiger partial charge >= 0.3 is 0 Å². The molecule has 2 heterocycles. The highest BCUT2D eigenvalue weighted by Crippen LogP contribution is 2.18. The van der Waals surface area contributed by atoms with Crippen LogP contribution in [-0.4, -0.2) is 22.1 Å². The van der Waals surface area contributed by atoms with Crippen LogP contribution in [0.25, 0.3) is 0 Å². The summed E-state index contributed by atoms with van der Waals surface area (Å²) in [6.07, 6.45) is 0. The molecule has 0 saturated carbocycles. The first-order valence-electron chi connectivity index (χ1n) is 5.17. The number of nitrogens with two attached hydrogens (primary N) is 1. The number of nitrogens with one attached hydrogen (secondary N) is 1. The lowest BCUT2D eigenvalue weighted by Gasteiger charge is -2.03. The number of ether oxygens (including phenoxy) is 1. The minimum absolute atomic E-state index is 0.208. The number of hydrogen-bond acceptors (Lipinski definition) is 6. The summed E-state index contributed by atoms with van der Waals surface area (Å²) in [5, 5.41) is 0.476. The fourth-order valence-corrected chi connectivity index (χ4v) is 2.10. The van der Waals surface area contributed by atoms with Crippen LogP contribution in [0, 0.1) is 0 Å². The van der Waals surface area contributed by atoms with Gasteiger partial charge in [0.15, 0.2) is 5.16 Å². The Bertz CT molecular complexity index is 600. The fraction of sp³-hybridized carbons (Fsp3) is 0.182. The molecule has 3 N–H and O–H groups in total. The fourth-order valence-electron chi connectivity index (χ4n) is 1.32. The molecule has 0 bridgehead atoms. The third-order valence-corrected chi connectivity index (χ3v) is 2.99. The maximum absolute atomic E-state index is 11.2. The Hall–Kier alpha value is -2.02. The number of thioether (sulfide) groups is 1. The summed E-state index contributed by atoms with van der Waals surface area (Å²) in [5.74, 6) is 1.34. The molecule has 18 heavy (non-hydrogen) atoms. The molecule has 0 radical (unpaired) electrons. The van der Waals surface area contributed by atoms with Crippen molar-refractivity contribution in [3.8, 4) is 5.88 Å². The van der Waals surface area contributed by atoms with Gasteiger partial charge in [-0.2, -0.15) is 0 Å². The van der Waals surface area contributed by atoms with E-state index in [1.807, 2.05) is 12.1 Å². The van der Waals surface area contributed by atoms with Crippen LogP contribution in [-0.2, 0) is 5.75 Å². The van der Waals surface area contributed by atoms with Crippen molar-refractivity contribution in [1.82, 2.24) is 15.0 Å². The summed E-state index contributed by atoms with van der Waals surface area (Å²) in [6, 6.07) is 6.75. The molecule has 0 aliphatic rings. The molecule has 2 aromatic heterocycles. The molecule has 0 aromatic carbocycles. The first kappa shape index (κ1) is 12.4. The monoisotopic (exact) mass is 264 g/mol. The summed E-state index contributed by atoms with van der Waals surface area (Å²) in [4.78, 5) is 22.1.